The van der Waals surface area contributed by atoms with Gasteiger partial charge in [-0.3, -0.25) is 9.69 Å². The van der Waals surface area contributed by atoms with Crippen molar-refractivity contribution >= 4 is 27.5 Å². The summed E-state index contributed by atoms with van der Waals surface area (Å²) in [6.07, 6.45) is 1.79. The van der Waals surface area contributed by atoms with E-state index in [1.807, 2.05) is 23.7 Å². The summed E-state index contributed by atoms with van der Waals surface area (Å²) in [5.74, 6) is 1.27. The largest absolute Gasteiger partial charge is 0.493 e. The number of methoxy groups -OCH3 is 2. The van der Waals surface area contributed by atoms with Crippen LogP contribution in [0.4, 0.5) is 5.69 Å². The van der Waals surface area contributed by atoms with Gasteiger partial charge in [0.2, 0.25) is 0 Å². The van der Waals surface area contributed by atoms with Crippen molar-refractivity contribution in [3.8, 4) is 11.5 Å². The van der Waals surface area contributed by atoms with Crippen LogP contribution < -0.4 is 19.9 Å². The summed E-state index contributed by atoms with van der Waals surface area (Å²) < 4.78 is 14.4. The summed E-state index contributed by atoms with van der Waals surface area (Å²) in [4.78, 5) is 18.2. The van der Waals surface area contributed by atoms with Crippen LogP contribution in [0.25, 0.3) is 21.8 Å². The van der Waals surface area contributed by atoms with E-state index >= 15 is 0 Å². The van der Waals surface area contributed by atoms with Crippen molar-refractivity contribution in [1.82, 2.24) is 19.2 Å². The molecular formula is C26H31N5O3. The lowest BCUT2D eigenvalue weighted by Gasteiger charge is -2.36. The Balaban J connectivity index is 1.41. The van der Waals surface area contributed by atoms with Gasteiger partial charge in [-0.25, -0.2) is 4.68 Å². The minimum absolute atomic E-state index is 0.0917. The Morgan fingerprint density at radius 3 is 2.32 bits per heavy atom. The summed E-state index contributed by atoms with van der Waals surface area (Å²) in [6.45, 7) is 8.38. The molecule has 0 aliphatic carbocycles. The first-order valence-corrected chi connectivity index (χ1v) is 11.6. The van der Waals surface area contributed by atoms with Crippen LogP contribution in [0, 0.1) is 13.8 Å². The van der Waals surface area contributed by atoms with Crippen molar-refractivity contribution in [2.45, 2.75) is 20.5 Å². The molecule has 4 aromatic rings. The molecule has 2 aromatic carbocycles. The van der Waals surface area contributed by atoms with Crippen LogP contribution >= 0.6 is 0 Å². The minimum Gasteiger partial charge on any atom is -0.493 e. The third-order valence-corrected chi connectivity index (χ3v) is 6.91. The number of hydrogen-bond donors (Lipinski definition) is 0. The van der Waals surface area contributed by atoms with Gasteiger partial charge >= 0.3 is 0 Å². The number of hydrogen-bond acceptors (Lipinski definition) is 6. The van der Waals surface area contributed by atoms with Crippen molar-refractivity contribution in [2.24, 2.45) is 7.05 Å². The van der Waals surface area contributed by atoms with E-state index in [-0.39, 0.29) is 5.56 Å². The third-order valence-electron chi connectivity index (χ3n) is 6.91. The molecule has 0 saturated carbocycles. The maximum absolute atomic E-state index is 13.4. The number of aromatic nitrogens is 3. The molecule has 1 aliphatic heterocycles. The van der Waals surface area contributed by atoms with Crippen LogP contribution in [0.5, 0.6) is 11.5 Å². The summed E-state index contributed by atoms with van der Waals surface area (Å²) in [5.41, 5.74) is 5.33. The average Bonchev–Trinajstić information content (AvgIpc) is 3.12. The Morgan fingerprint density at radius 1 is 0.941 bits per heavy atom. The first-order chi connectivity index (χ1) is 16.4. The molecule has 8 heteroatoms. The van der Waals surface area contributed by atoms with Crippen LogP contribution in [0.15, 0.2) is 41.3 Å². The van der Waals surface area contributed by atoms with E-state index in [4.69, 9.17) is 9.47 Å². The molecular weight excluding hydrogens is 430 g/mol. The molecule has 3 heterocycles. The molecule has 5 rings (SSSR count). The van der Waals surface area contributed by atoms with Gasteiger partial charge in [-0.05, 0) is 31.5 Å². The van der Waals surface area contributed by atoms with Crippen molar-refractivity contribution < 1.29 is 9.47 Å². The van der Waals surface area contributed by atoms with Crippen LogP contribution in [0.3, 0.4) is 0 Å². The van der Waals surface area contributed by atoms with Gasteiger partial charge in [0.1, 0.15) is 5.52 Å². The summed E-state index contributed by atoms with van der Waals surface area (Å²) in [5, 5.41) is 6.27. The molecule has 0 amide bonds. The highest BCUT2D eigenvalue weighted by Gasteiger charge is 2.21. The SMILES string of the molecule is COc1cc2c3cnn(CN4CCN(c5ccc(C)cc5C)CC4)c(=O)c3n(C)c2cc1OC. The number of benzene rings is 2. The minimum atomic E-state index is -0.0917. The van der Waals surface area contributed by atoms with Crippen LogP contribution in [0.2, 0.25) is 0 Å². The highest BCUT2D eigenvalue weighted by atomic mass is 16.5. The van der Waals surface area contributed by atoms with Crippen molar-refractivity contribution in [3.05, 3.63) is 58.0 Å². The van der Waals surface area contributed by atoms with Gasteiger partial charge in [-0.1, -0.05) is 17.7 Å². The number of aryl methyl sites for hydroxylation is 3. The molecule has 0 radical (unpaired) electrons. The van der Waals surface area contributed by atoms with E-state index in [0.29, 0.717) is 23.7 Å². The standard InChI is InChI=1S/C26H31N5O3/c1-17-6-7-21(18(2)12-17)30-10-8-29(9-11-30)16-31-26(32)25-20(15-27-31)19-13-23(33-4)24(34-5)14-22(19)28(25)3/h6-7,12-15H,8-11,16H2,1-5H3. The highest BCUT2D eigenvalue weighted by Crippen LogP contribution is 2.36. The molecule has 8 nitrogen and oxygen atoms in total. The fraction of sp³-hybridized carbons (Fsp3) is 0.385. The van der Waals surface area contributed by atoms with E-state index in [1.165, 1.54) is 16.8 Å². The lowest BCUT2D eigenvalue weighted by atomic mass is 10.1. The predicted molar refractivity (Wildman–Crippen MR) is 135 cm³/mol. The zero-order valence-electron chi connectivity index (χ0n) is 20.5. The predicted octanol–water partition coefficient (Wildman–Crippen LogP) is 3.30. The first kappa shape index (κ1) is 22.3. The normalized spacial score (nSPS) is 14.8. The van der Waals surface area contributed by atoms with Crippen molar-refractivity contribution in [2.75, 3.05) is 45.3 Å². The third kappa shape index (κ3) is 3.68. The molecule has 0 bridgehead atoms. The number of rotatable bonds is 5. The molecule has 0 N–H and O–H groups in total. The van der Waals surface area contributed by atoms with E-state index in [2.05, 4.69) is 46.9 Å². The van der Waals surface area contributed by atoms with Gasteiger partial charge in [-0.2, -0.15) is 5.10 Å². The quantitative estimate of drug-likeness (QED) is 0.454. The molecule has 178 valence electrons. The molecule has 0 spiro atoms. The van der Waals surface area contributed by atoms with Gasteiger partial charge in [0.05, 0.1) is 32.6 Å². The van der Waals surface area contributed by atoms with E-state index in [1.54, 1.807) is 25.1 Å². The Kier molecular flexibility index (Phi) is 5.69. The Hall–Kier alpha value is -3.52. The maximum Gasteiger partial charge on any atom is 0.292 e. The molecule has 0 unspecified atom stereocenters. The summed E-state index contributed by atoms with van der Waals surface area (Å²) in [6, 6.07) is 10.4. The number of nitrogens with zero attached hydrogens (tertiary/aromatic N) is 5. The maximum atomic E-state index is 13.4. The number of piperazine rings is 1. The summed E-state index contributed by atoms with van der Waals surface area (Å²) >= 11 is 0. The first-order valence-electron chi connectivity index (χ1n) is 11.6. The Bertz CT molecular complexity index is 1430. The van der Waals surface area contributed by atoms with Crippen molar-refractivity contribution in [1.29, 1.82) is 0 Å². The van der Waals surface area contributed by atoms with E-state index < -0.39 is 0 Å². The van der Waals surface area contributed by atoms with E-state index in [9.17, 15) is 4.79 Å². The average molecular weight is 462 g/mol. The van der Waals surface area contributed by atoms with Crippen molar-refractivity contribution in [3.63, 3.8) is 0 Å². The fourth-order valence-corrected chi connectivity index (χ4v) is 5.06. The van der Waals surface area contributed by atoms with Crippen LogP contribution in [-0.2, 0) is 13.7 Å². The topological polar surface area (TPSA) is 64.8 Å². The van der Waals surface area contributed by atoms with E-state index in [0.717, 1.165) is 42.5 Å². The molecule has 0 atom stereocenters. The molecule has 2 aromatic heterocycles. The van der Waals surface area contributed by atoms with Gasteiger partial charge in [0.25, 0.3) is 5.56 Å². The molecule has 1 saturated heterocycles. The van der Waals surface area contributed by atoms with Crippen LogP contribution in [-0.4, -0.2) is 59.6 Å². The Labute approximate surface area is 198 Å². The molecule has 34 heavy (non-hydrogen) atoms. The molecule has 1 aliphatic rings. The zero-order valence-corrected chi connectivity index (χ0v) is 20.5. The second-order valence-electron chi connectivity index (χ2n) is 9.03. The number of anilines is 1. The Morgan fingerprint density at radius 2 is 1.65 bits per heavy atom. The van der Waals surface area contributed by atoms with Crippen LogP contribution in [0.1, 0.15) is 11.1 Å². The lowest BCUT2D eigenvalue weighted by Crippen LogP contribution is -2.48. The summed E-state index contributed by atoms with van der Waals surface area (Å²) in [7, 11) is 5.13. The smallest absolute Gasteiger partial charge is 0.292 e. The second-order valence-corrected chi connectivity index (χ2v) is 9.03. The van der Waals surface area contributed by atoms with Gasteiger partial charge < -0.3 is 18.9 Å². The van der Waals surface area contributed by atoms with Gasteiger partial charge in [-0.15, -0.1) is 0 Å². The highest BCUT2D eigenvalue weighted by molar-refractivity contribution is 6.08. The number of ether oxygens (including phenoxy) is 2. The monoisotopic (exact) mass is 461 g/mol. The fourth-order valence-electron chi connectivity index (χ4n) is 5.06. The van der Waals surface area contributed by atoms with Gasteiger partial charge in [0.15, 0.2) is 11.5 Å². The number of fused-ring (bicyclic) bond motifs is 3. The lowest BCUT2D eigenvalue weighted by molar-refractivity contribution is 0.192. The zero-order chi connectivity index (χ0) is 24.0. The van der Waals surface area contributed by atoms with Gasteiger partial charge in [0, 0.05) is 55.8 Å². The second kappa shape index (κ2) is 8.68. The molecule has 1 fully saturated rings.